The van der Waals surface area contributed by atoms with Crippen molar-refractivity contribution in [2.24, 2.45) is 0 Å². The SMILES string of the molecule is Cc1cc(C(O)c2ccc3c(c2)CCCO3)sc1Br. The van der Waals surface area contributed by atoms with Crippen LogP contribution in [0, 0.1) is 6.92 Å². The summed E-state index contributed by atoms with van der Waals surface area (Å²) < 4.78 is 6.69. The second kappa shape index (κ2) is 5.27. The molecule has 0 saturated heterocycles. The van der Waals surface area contributed by atoms with Gasteiger partial charge in [-0.05, 0) is 70.6 Å². The molecule has 1 aromatic carbocycles. The first-order valence-corrected chi connectivity index (χ1v) is 7.95. The van der Waals surface area contributed by atoms with Crippen LogP contribution in [0.3, 0.4) is 0 Å². The zero-order valence-corrected chi connectivity index (χ0v) is 13.1. The van der Waals surface area contributed by atoms with Gasteiger partial charge in [-0.15, -0.1) is 11.3 Å². The number of thiophene rings is 1. The van der Waals surface area contributed by atoms with Crippen molar-refractivity contribution in [2.45, 2.75) is 25.9 Å². The van der Waals surface area contributed by atoms with Crippen molar-refractivity contribution in [2.75, 3.05) is 6.61 Å². The highest BCUT2D eigenvalue weighted by molar-refractivity contribution is 9.11. The molecule has 0 bridgehead atoms. The molecular weight excluding hydrogens is 324 g/mol. The number of hydrogen-bond acceptors (Lipinski definition) is 3. The highest BCUT2D eigenvalue weighted by Crippen LogP contribution is 2.36. The van der Waals surface area contributed by atoms with Crippen molar-refractivity contribution in [3.63, 3.8) is 0 Å². The van der Waals surface area contributed by atoms with E-state index in [9.17, 15) is 5.11 Å². The predicted molar refractivity (Wildman–Crippen MR) is 81.1 cm³/mol. The van der Waals surface area contributed by atoms with Gasteiger partial charge in [-0.3, -0.25) is 0 Å². The molecule has 2 nitrogen and oxygen atoms in total. The zero-order chi connectivity index (χ0) is 13.4. The molecule has 19 heavy (non-hydrogen) atoms. The van der Waals surface area contributed by atoms with Crippen LogP contribution in [0.1, 0.15) is 34.1 Å². The molecule has 0 spiro atoms. The second-order valence-electron chi connectivity index (χ2n) is 4.83. The molecule has 0 saturated carbocycles. The van der Waals surface area contributed by atoms with Gasteiger partial charge in [0.05, 0.1) is 10.4 Å². The Morgan fingerprint density at radius 1 is 1.37 bits per heavy atom. The van der Waals surface area contributed by atoms with E-state index in [1.165, 1.54) is 11.1 Å². The molecule has 100 valence electrons. The fourth-order valence-corrected chi connectivity index (χ4v) is 3.92. The van der Waals surface area contributed by atoms with Crippen LogP contribution >= 0.6 is 27.3 Å². The molecule has 0 fully saturated rings. The molecule has 1 aromatic heterocycles. The summed E-state index contributed by atoms with van der Waals surface area (Å²) in [5.74, 6) is 0.964. The Morgan fingerprint density at radius 3 is 2.95 bits per heavy atom. The van der Waals surface area contributed by atoms with Crippen LogP contribution in [0.4, 0.5) is 0 Å². The minimum atomic E-state index is -0.553. The molecule has 1 atom stereocenters. The molecule has 1 unspecified atom stereocenters. The lowest BCUT2D eigenvalue weighted by Crippen LogP contribution is -2.09. The molecule has 4 heteroatoms. The summed E-state index contributed by atoms with van der Waals surface area (Å²) >= 11 is 5.09. The lowest BCUT2D eigenvalue weighted by atomic mass is 10.00. The maximum Gasteiger partial charge on any atom is 0.122 e. The van der Waals surface area contributed by atoms with E-state index in [4.69, 9.17) is 4.74 Å². The Bertz CT molecular complexity index is 587. The maximum atomic E-state index is 10.5. The monoisotopic (exact) mass is 338 g/mol. The molecular formula is C15H15BrO2S. The quantitative estimate of drug-likeness (QED) is 0.887. The van der Waals surface area contributed by atoms with E-state index in [0.717, 1.165) is 39.4 Å². The number of rotatable bonds is 2. The third kappa shape index (κ3) is 2.57. The molecule has 1 N–H and O–H groups in total. The van der Waals surface area contributed by atoms with Gasteiger partial charge >= 0.3 is 0 Å². The summed E-state index contributed by atoms with van der Waals surface area (Å²) in [6, 6.07) is 8.04. The lowest BCUT2D eigenvalue weighted by molar-refractivity contribution is 0.223. The van der Waals surface area contributed by atoms with Crippen molar-refractivity contribution in [3.05, 3.63) is 49.6 Å². The largest absolute Gasteiger partial charge is 0.493 e. The number of aliphatic hydroxyl groups excluding tert-OH is 1. The highest BCUT2D eigenvalue weighted by Gasteiger charge is 2.17. The summed E-state index contributed by atoms with van der Waals surface area (Å²) in [6.07, 6.45) is 1.53. The van der Waals surface area contributed by atoms with E-state index in [1.54, 1.807) is 11.3 Å². The van der Waals surface area contributed by atoms with E-state index < -0.39 is 6.10 Å². The van der Waals surface area contributed by atoms with Crippen LogP contribution in [0.2, 0.25) is 0 Å². The number of hydrogen-bond donors (Lipinski definition) is 1. The van der Waals surface area contributed by atoms with Gasteiger partial charge in [-0.2, -0.15) is 0 Å². The van der Waals surface area contributed by atoms with Crippen LogP contribution in [-0.4, -0.2) is 11.7 Å². The van der Waals surface area contributed by atoms with Gasteiger partial charge in [-0.25, -0.2) is 0 Å². The fourth-order valence-electron chi connectivity index (χ4n) is 2.33. The van der Waals surface area contributed by atoms with Gasteiger partial charge in [0.1, 0.15) is 11.9 Å². The number of aliphatic hydroxyl groups is 1. The van der Waals surface area contributed by atoms with E-state index in [0.29, 0.717) is 0 Å². The Morgan fingerprint density at radius 2 is 2.21 bits per heavy atom. The smallest absolute Gasteiger partial charge is 0.122 e. The summed E-state index contributed by atoms with van der Waals surface area (Å²) in [6.45, 7) is 2.84. The normalized spacial score (nSPS) is 15.7. The summed E-state index contributed by atoms with van der Waals surface area (Å²) in [7, 11) is 0. The standard InChI is InChI=1S/C15H15BrO2S/c1-9-7-13(19-15(9)16)14(17)11-4-5-12-10(8-11)3-2-6-18-12/h4-5,7-8,14,17H,2-3,6H2,1H3. The number of halogens is 1. The fraction of sp³-hybridized carbons (Fsp3) is 0.333. The number of aryl methyl sites for hydroxylation is 2. The first kappa shape index (κ1) is 13.2. The minimum absolute atomic E-state index is 0.553. The van der Waals surface area contributed by atoms with E-state index in [-0.39, 0.29) is 0 Å². The average Bonchev–Trinajstić information content (AvgIpc) is 2.77. The lowest BCUT2D eigenvalue weighted by Gasteiger charge is -2.19. The molecule has 0 aliphatic carbocycles. The van der Waals surface area contributed by atoms with Crippen molar-refractivity contribution >= 4 is 27.3 Å². The third-order valence-electron chi connectivity index (χ3n) is 3.39. The second-order valence-corrected chi connectivity index (χ2v) is 7.23. The van der Waals surface area contributed by atoms with Gasteiger partial charge in [0.2, 0.25) is 0 Å². The topological polar surface area (TPSA) is 29.5 Å². The van der Waals surface area contributed by atoms with Gasteiger partial charge < -0.3 is 9.84 Å². The Balaban J connectivity index is 1.93. The first-order chi connectivity index (χ1) is 9.15. The van der Waals surface area contributed by atoms with Gasteiger partial charge in [-0.1, -0.05) is 6.07 Å². The summed E-state index contributed by atoms with van der Waals surface area (Å²) in [5.41, 5.74) is 3.31. The van der Waals surface area contributed by atoms with Crippen molar-refractivity contribution < 1.29 is 9.84 Å². The van der Waals surface area contributed by atoms with E-state index in [1.807, 2.05) is 25.1 Å². The summed E-state index contributed by atoms with van der Waals surface area (Å²) in [4.78, 5) is 0.973. The number of ether oxygens (including phenoxy) is 1. The minimum Gasteiger partial charge on any atom is -0.493 e. The van der Waals surface area contributed by atoms with Crippen molar-refractivity contribution in [1.82, 2.24) is 0 Å². The molecule has 2 aromatic rings. The maximum absolute atomic E-state index is 10.5. The number of benzene rings is 1. The predicted octanol–water partition coefficient (Wildman–Crippen LogP) is 4.23. The molecule has 1 aliphatic rings. The van der Waals surface area contributed by atoms with Gasteiger partial charge in [0.25, 0.3) is 0 Å². The zero-order valence-electron chi connectivity index (χ0n) is 10.6. The van der Waals surface area contributed by atoms with Crippen LogP contribution in [0.25, 0.3) is 0 Å². The molecule has 0 amide bonds. The Kier molecular flexibility index (Phi) is 3.65. The van der Waals surface area contributed by atoms with Crippen molar-refractivity contribution in [1.29, 1.82) is 0 Å². The van der Waals surface area contributed by atoms with Crippen LogP contribution in [-0.2, 0) is 6.42 Å². The average molecular weight is 339 g/mol. The first-order valence-electron chi connectivity index (χ1n) is 6.34. The van der Waals surface area contributed by atoms with Crippen LogP contribution in [0.15, 0.2) is 28.1 Å². The van der Waals surface area contributed by atoms with Crippen molar-refractivity contribution in [3.8, 4) is 5.75 Å². The van der Waals surface area contributed by atoms with E-state index in [2.05, 4.69) is 22.0 Å². The van der Waals surface area contributed by atoms with Gasteiger partial charge in [0, 0.05) is 4.88 Å². The molecule has 1 aliphatic heterocycles. The van der Waals surface area contributed by atoms with Gasteiger partial charge in [0.15, 0.2) is 0 Å². The molecule has 0 radical (unpaired) electrons. The summed E-state index contributed by atoms with van der Waals surface area (Å²) in [5, 5.41) is 10.5. The Labute approximate surface area is 125 Å². The van der Waals surface area contributed by atoms with Crippen LogP contribution in [0.5, 0.6) is 5.75 Å². The Hall–Kier alpha value is -0.840. The third-order valence-corrected chi connectivity index (χ3v) is 5.58. The highest BCUT2D eigenvalue weighted by atomic mass is 79.9. The van der Waals surface area contributed by atoms with Crippen LogP contribution < -0.4 is 4.74 Å². The van der Waals surface area contributed by atoms with E-state index >= 15 is 0 Å². The molecule has 2 heterocycles. The molecule has 3 rings (SSSR count). The number of fused-ring (bicyclic) bond motifs is 1.